The van der Waals surface area contributed by atoms with E-state index in [0.717, 1.165) is 21.9 Å². The number of hydrogen-bond acceptors (Lipinski definition) is 5. The second-order valence-electron chi connectivity index (χ2n) is 6.74. The molecule has 2 aromatic carbocycles. The van der Waals surface area contributed by atoms with Crippen LogP contribution in [-0.4, -0.2) is 46.4 Å². The van der Waals surface area contributed by atoms with Gasteiger partial charge in [-0.15, -0.1) is 0 Å². The molecule has 0 saturated carbocycles. The maximum atomic E-state index is 12.4. The summed E-state index contributed by atoms with van der Waals surface area (Å²) in [4.78, 5) is 12.4. The number of para-hydroxylation sites is 1. The van der Waals surface area contributed by atoms with Crippen molar-refractivity contribution in [2.75, 3.05) is 30.3 Å². The molecular weight excluding hydrogens is 392 g/mol. The summed E-state index contributed by atoms with van der Waals surface area (Å²) in [5.74, 6) is 0.974. The number of anilines is 1. The Kier molecular flexibility index (Phi) is 7.90. The lowest BCUT2D eigenvalue weighted by molar-refractivity contribution is -0.120. The van der Waals surface area contributed by atoms with E-state index < -0.39 is 15.9 Å². The Hall–Kier alpha value is -2.74. The number of hydrogen-bond donors (Lipinski definition) is 1. The van der Waals surface area contributed by atoms with Crippen LogP contribution in [0.1, 0.15) is 19.4 Å². The molecule has 29 heavy (non-hydrogen) atoms. The van der Waals surface area contributed by atoms with Crippen LogP contribution in [0.4, 0.5) is 5.69 Å². The predicted molar refractivity (Wildman–Crippen MR) is 114 cm³/mol. The van der Waals surface area contributed by atoms with Gasteiger partial charge in [0, 0.05) is 0 Å². The highest BCUT2D eigenvalue weighted by molar-refractivity contribution is 7.92. The maximum absolute atomic E-state index is 12.4. The number of carbonyl (C=O) groups is 1. The van der Waals surface area contributed by atoms with Gasteiger partial charge in [-0.2, -0.15) is 0 Å². The normalized spacial score (nSPS) is 12.1. The van der Waals surface area contributed by atoms with Crippen molar-refractivity contribution in [3.05, 3.63) is 54.1 Å². The Bertz CT molecular complexity index is 913. The summed E-state index contributed by atoms with van der Waals surface area (Å²) in [5.41, 5.74) is 1.40. The van der Waals surface area contributed by atoms with Crippen LogP contribution >= 0.6 is 0 Å². The maximum Gasteiger partial charge on any atom is 0.241 e. The Morgan fingerprint density at radius 3 is 2.34 bits per heavy atom. The quantitative estimate of drug-likeness (QED) is 0.639. The van der Waals surface area contributed by atoms with Gasteiger partial charge in [0.25, 0.3) is 0 Å². The monoisotopic (exact) mass is 420 g/mol. The molecule has 0 aliphatic heterocycles. The molecule has 0 heterocycles. The van der Waals surface area contributed by atoms with Gasteiger partial charge < -0.3 is 14.8 Å². The topological polar surface area (TPSA) is 84.9 Å². The highest BCUT2D eigenvalue weighted by Crippen LogP contribution is 2.21. The van der Waals surface area contributed by atoms with Gasteiger partial charge in [-0.25, -0.2) is 8.42 Å². The van der Waals surface area contributed by atoms with E-state index in [2.05, 4.69) is 5.32 Å². The van der Waals surface area contributed by atoms with Gasteiger partial charge in [-0.05, 0) is 56.7 Å². The van der Waals surface area contributed by atoms with Crippen molar-refractivity contribution in [2.45, 2.75) is 26.8 Å². The number of aryl methyl sites for hydroxylation is 1. The van der Waals surface area contributed by atoms with Crippen molar-refractivity contribution < 1.29 is 22.7 Å². The molecule has 158 valence electrons. The molecule has 1 unspecified atom stereocenters. The van der Waals surface area contributed by atoms with Crippen LogP contribution in [0.3, 0.4) is 0 Å². The summed E-state index contributed by atoms with van der Waals surface area (Å²) in [7, 11) is -3.63. The molecule has 0 radical (unpaired) electrons. The van der Waals surface area contributed by atoms with E-state index in [1.165, 1.54) is 0 Å². The van der Waals surface area contributed by atoms with E-state index in [1.807, 2.05) is 38.1 Å². The van der Waals surface area contributed by atoms with Crippen molar-refractivity contribution >= 4 is 21.6 Å². The van der Waals surface area contributed by atoms with Crippen LogP contribution in [0.2, 0.25) is 0 Å². The van der Waals surface area contributed by atoms with E-state index in [-0.39, 0.29) is 19.2 Å². The summed E-state index contributed by atoms with van der Waals surface area (Å²) in [6.45, 7) is 6.09. The fraction of sp³-hybridized carbons (Fsp3) is 0.381. The first-order valence-electron chi connectivity index (χ1n) is 9.39. The number of ether oxygens (including phenoxy) is 2. The number of nitrogens with one attached hydrogen (secondary N) is 1. The average molecular weight is 421 g/mol. The zero-order valence-electron chi connectivity index (χ0n) is 17.2. The SMILES string of the molecule is CCOc1ccc(N(CC(=O)NC(C)COc2ccccc2C)S(C)(=O)=O)cc1. The summed E-state index contributed by atoms with van der Waals surface area (Å²) in [6, 6.07) is 13.9. The second kappa shape index (κ2) is 10.2. The summed E-state index contributed by atoms with van der Waals surface area (Å²) < 4.78 is 36.6. The van der Waals surface area contributed by atoms with Gasteiger partial charge in [-0.1, -0.05) is 18.2 Å². The first-order chi connectivity index (χ1) is 13.7. The minimum absolute atomic E-state index is 0.276. The third-order valence-corrected chi connectivity index (χ3v) is 5.25. The summed E-state index contributed by atoms with van der Waals surface area (Å²) in [6.07, 6.45) is 1.07. The lowest BCUT2D eigenvalue weighted by atomic mass is 10.2. The predicted octanol–water partition coefficient (Wildman–Crippen LogP) is 2.74. The highest BCUT2D eigenvalue weighted by atomic mass is 32.2. The minimum atomic E-state index is -3.63. The molecule has 0 saturated heterocycles. The summed E-state index contributed by atoms with van der Waals surface area (Å²) >= 11 is 0. The van der Waals surface area contributed by atoms with E-state index in [1.54, 1.807) is 31.2 Å². The van der Waals surface area contributed by atoms with Crippen LogP contribution in [0, 0.1) is 6.92 Å². The van der Waals surface area contributed by atoms with Crippen molar-refractivity contribution in [1.29, 1.82) is 0 Å². The van der Waals surface area contributed by atoms with Crippen molar-refractivity contribution in [1.82, 2.24) is 5.32 Å². The molecule has 7 nitrogen and oxygen atoms in total. The van der Waals surface area contributed by atoms with Gasteiger partial charge in [0.15, 0.2) is 0 Å². The smallest absolute Gasteiger partial charge is 0.241 e. The van der Waals surface area contributed by atoms with Crippen LogP contribution in [0.25, 0.3) is 0 Å². The Morgan fingerprint density at radius 1 is 1.10 bits per heavy atom. The summed E-state index contributed by atoms with van der Waals surface area (Å²) in [5, 5.41) is 2.78. The molecule has 8 heteroatoms. The first-order valence-corrected chi connectivity index (χ1v) is 11.2. The molecule has 0 bridgehead atoms. The van der Waals surface area contributed by atoms with E-state index in [4.69, 9.17) is 9.47 Å². The number of benzene rings is 2. The van der Waals surface area contributed by atoms with E-state index in [9.17, 15) is 13.2 Å². The first kappa shape index (κ1) is 22.5. The van der Waals surface area contributed by atoms with E-state index in [0.29, 0.717) is 18.0 Å². The van der Waals surface area contributed by atoms with Crippen LogP contribution in [0.5, 0.6) is 11.5 Å². The number of carbonyl (C=O) groups excluding carboxylic acids is 1. The van der Waals surface area contributed by atoms with Gasteiger partial charge in [0.1, 0.15) is 24.7 Å². The molecule has 1 amide bonds. The Morgan fingerprint density at radius 2 is 1.76 bits per heavy atom. The molecule has 1 N–H and O–H groups in total. The minimum Gasteiger partial charge on any atom is -0.494 e. The largest absolute Gasteiger partial charge is 0.494 e. The zero-order chi connectivity index (χ0) is 21.4. The standard InChI is InChI=1S/C21H28N2O5S/c1-5-27-19-12-10-18(11-13-19)23(29(4,25)26)14-21(24)22-17(3)15-28-20-9-7-6-8-16(20)2/h6-13,17H,5,14-15H2,1-4H3,(H,22,24). The average Bonchev–Trinajstić information content (AvgIpc) is 2.66. The van der Waals surface area contributed by atoms with Crippen molar-refractivity contribution in [3.63, 3.8) is 0 Å². The van der Waals surface area contributed by atoms with Gasteiger partial charge in [0.2, 0.25) is 15.9 Å². The lowest BCUT2D eigenvalue weighted by Gasteiger charge is -2.23. The molecule has 0 aromatic heterocycles. The molecule has 0 spiro atoms. The van der Waals surface area contributed by atoms with Gasteiger partial charge in [0.05, 0.1) is 24.6 Å². The molecular formula is C21H28N2O5S. The number of amides is 1. The Balaban J connectivity index is 1.98. The molecule has 0 aliphatic rings. The molecule has 2 aromatic rings. The second-order valence-corrected chi connectivity index (χ2v) is 8.65. The fourth-order valence-electron chi connectivity index (χ4n) is 2.70. The lowest BCUT2D eigenvalue weighted by Crippen LogP contribution is -2.44. The number of rotatable bonds is 10. The van der Waals surface area contributed by atoms with Crippen LogP contribution < -0.4 is 19.1 Å². The number of nitrogens with zero attached hydrogens (tertiary/aromatic N) is 1. The molecule has 0 fully saturated rings. The zero-order valence-corrected chi connectivity index (χ0v) is 18.0. The third kappa shape index (κ3) is 6.98. The fourth-order valence-corrected chi connectivity index (χ4v) is 3.56. The molecule has 2 rings (SSSR count). The Labute approximate surface area is 172 Å². The van der Waals surface area contributed by atoms with Crippen molar-refractivity contribution in [2.24, 2.45) is 0 Å². The van der Waals surface area contributed by atoms with Crippen molar-refractivity contribution in [3.8, 4) is 11.5 Å². The van der Waals surface area contributed by atoms with E-state index >= 15 is 0 Å². The number of sulfonamides is 1. The molecule has 0 aliphatic carbocycles. The highest BCUT2D eigenvalue weighted by Gasteiger charge is 2.22. The van der Waals surface area contributed by atoms with Crippen LogP contribution in [-0.2, 0) is 14.8 Å². The molecule has 1 atom stereocenters. The van der Waals surface area contributed by atoms with Gasteiger partial charge in [-0.3, -0.25) is 9.10 Å². The van der Waals surface area contributed by atoms with Gasteiger partial charge >= 0.3 is 0 Å². The third-order valence-electron chi connectivity index (χ3n) is 4.11. The van der Waals surface area contributed by atoms with Crippen LogP contribution in [0.15, 0.2) is 48.5 Å².